The van der Waals surface area contributed by atoms with Crippen LogP contribution in [-0.2, 0) is 14.3 Å². The third-order valence-electron chi connectivity index (χ3n) is 3.68. The second-order valence-corrected chi connectivity index (χ2v) is 5.94. The fourth-order valence-corrected chi connectivity index (χ4v) is 2.74. The highest BCUT2D eigenvalue weighted by molar-refractivity contribution is 7.80. The maximum Gasteiger partial charge on any atom is 0.308 e. The number of nitrogens with zero attached hydrogens (tertiary/aromatic N) is 1. The standard InChI is InChI=1S/C17H21N3O4S/c1-2-10-24-14(21)11-13-16(23)18-8-9-20(13)17(25)19-15(22)12-6-4-3-5-7-12/h3-7,13H,2,8-11H2,1H3,(H,18,23)(H,19,22,25). The Kier molecular flexibility index (Phi) is 6.88. The molecule has 1 unspecified atom stereocenters. The van der Waals surface area contributed by atoms with Crippen LogP contribution in [0.5, 0.6) is 0 Å². The van der Waals surface area contributed by atoms with Crippen molar-refractivity contribution in [3.8, 4) is 0 Å². The van der Waals surface area contributed by atoms with Gasteiger partial charge < -0.3 is 15.0 Å². The first-order chi connectivity index (χ1) is 12.0. The average molecular weight is 363 g/mol. The predicted molar refractivity (Wildman–Crippen MR) is 95.9 cm³/mol. The molecule has 2 rings (SSSR count). The van der Waals surface area contributed by atoms with E-state index in [-0.39, 0.29) is 23.3 Å². The van der Waals surface area contributed by atoms with E-state index in [2.05, 4.69) is 10.6 Å². The summed E-state index contributed by atoms with van der Waals surface area (Å²) < 4.78 is 5.04. The van der Waals surface area contributed by atoms with Crippen LogP contribution < -0.4 is 10.6 Å². The van der Waals surface area contributed by atoms with Crippen molar-refractivity contribution < 1.29 is 19.1 Å². The molecule has 1 heterocycles. The number of ether oxygens (including phenoxy) is 1. The molecule has 0 saturated carbocycles. The highest BCUT2D eigenvalue weighted by Gasteiger charge is 2.34. The zero-order valence-electron chi connectivity index (χ0n) is 14.0. The van der Waals surface area contributed by atoms with Gasteiger partial charge >= 0.3 is 5.97 Å². The van der Waals surface area contributed by atoms with Crippen molar-refractivity contribution in [2.45, 2.75) is 25.8 Å². The van der Waals surface area contributed by atoms with Crippen LogP contribution in [0.1, 0.15) is 30.1 Å². The summed E-state index contributed by atoms with van der Waals surface area (Å²) in [5, 5.41) is 5.44. The van der Waals surface area contributed by atoms with Crippen molar-refractivity contribution in [2.24, 2.45) is 0 Å². The highest BCUT2D eigenvalue weighted by Crippen LogP contribution is 2.11. The lowest BCUT2D eigenvalue weighted by atomic mass is 10.1. The zero-order chi connectivity index (χ0) is 18.2. The van der Waals surface area contributed by atoms with Gasteiger partial charge in [0.1, 0.15) is 6.04 Å². The molecule has 1 atom stereocenters. The molecule has 0 aromatic heterocycles. The minimum absolute atomic E-state index is 0.118. The minimum atomic E-state index is -0.790. The Morgan fingerprint density at radius 1 is 1.36 bits per heavy atom. The Balaban J connectivity index is 2.03. The second kappa shape index (κ2) is 9.12. The van der Waals surface area contributed by atoms with Gasteiger partial charge in [-0.05, 0) is 30.8 Å². The summed E-state index contributed by atoms with van der Waals surface area (Å²) in [6.45, 7) is 3.00. The van der Waals surface area contributed by atoms with Gasteiger partial charge in [0, 0.05) is 18.7 Å². The number of esters is 1. The summed E-state index contributed by atoms with van der Waals surface area (Å²) in [5.41, 5.74) is 0.463. The Bertz CT molecular complexity index is 651. The number of rotatable bonds is 5. The first kappa shape index (κ1) is 18.9. The maximum atomic E-state index is 12.2. The Labute approximate surface area is 151 Å². The van der Waals surface area contributed by atoms with E-state index in [1.807, 2.05) is 13.0 Å². The number of benzene rings is 1. The summed E-state index contributed by atoms with van der Waals surface area (Å²) in [4.78, 5) is 37.8. The maximum absolute atomic E-state index is 12.2. The molecule has 1 aliphatic heterocycles. The fraction of sp³-hybridized carbons (Fsp3) is 0.412. The molecular weight excluding hydrogens is 342 g/mol. The molecule has 1 aromatic rings. The molecule has 2 amide bonds. The number of nitrogens with one attached hydrogen (secondary N) is 2. The molecule has 0 aliphatic carbocycles. The number of hydrogen-bond donors (Lipinski definition) is 2. The molecule has 25 heavy (non-hydrogen) atoms. The van der Waals surface area contributed by atoms with Crippen LogP contribution in [0.15, 0.2) is 30.3 Å². The van der Waals surface area contributed by atoms with Crippen LogP contribution in [-0.4, -0.2) is 53.5 Å². The number of thiocarbonyl (C=S) groups is 1. The van der Waals surface area contributed by atoms with Gasteiger partial charge in [0.05, 0.1) is 13.0 Å². The largest absolute Gasteiger partial charge is 0.466 e. The summed E-state index contributed by atoms with van der Waals surface area (Å²) in [5.74, 6) is -1.13. The molecule has 1 fully saturated rings. The van der Waals surface area contributed by atoms with Crippen molar-refractivity contribution in [3.05, 3.63) is 35.9 Å². The minimum Gasteiger partial charge on any atom is -0.466 e. The number of carbonyl (C=O) groups is 3. The lowest BCUT2D eigenvalue weighted by molar-refractivity contribution is -0.147. The zero-order valence-corrected chi connectivity index (χ0v) is 14.8. The van der Waals surface area contributed by atoms with E-state index < -0.39 is 12.0 Å². The lowest BCUT2D eigenvalue weighted by Crippen LogP contribution is -2.60. The summed E-state index contributed by atoms with van der Waals surface area (Å²) >= 11 is 5.28. The van der Waals surface area contributed by atoms with Gasteiger partial charge in [0.2, 0.25) is 5.91 Å². The number of carbonyl (C=O) groups excluding carboxylic acids is 3. The van der Waals surface area contributed by atoms with Crippen LogP contribution >= 0.6 is 12.2 Å². The van der Waals surface area contributed by atoms with Crippen LogP contribution in [0.4, 0.5) is 0 Å². The third-order valence-corrected chi connectivity index (χ3v) is 4.01. The SMILES string of the molecule is CCCOC(=O)CC1C(=O)NCCN1C(=S)NC(=O)c1ccccc1. The van der Waals surface area contributed by atoms with E-state index in [0.717, 1.165) is 0 Å². The van der Waals surface area contributed by atoms with Crippen LogP contribution in [0.3, 0.4) is 0 Å². The molecule has 0 bridgehead atoms. The molecule has 1 saturated heterocycles. The fourth-order valence-electron chi connectivity index (χ4n) is 2.42. The molecule has 7 nitrogen and oxygen atoms in total. The van der Waals surface area contributed by atoms with E-state index >= 15 is 0 Å². The van der Waals surface area contributed by atoms with Crippen LogP contribution in [0.25, 0.3) is 0 Å². The van der Waals surface area contributed by atoms with Crippen molar-refractivity contribution in [1.82, 2.24) is 15.5 Å². The average Bonchev–Trinajstić information content (AvgIpc) is 2.62. The van der Waals surface area contributed by atoms with Crippen molar-refractivity contribution in [1.29, 1.82) is 0 Å². The molecule has 8 heteroatoms. The highest BCUT2D eigenvalue weighted by atomic mass is 32.1. The normalized spacial score (nSPS) is 16.8. The van der Waals surface area contributed by atoms with E-state index in [9.17, 15) is 14.4 Å². The van der Waals surface area contributed by atoms with Crippen LogP contribution in [0, 0.1) is 0 Å². The molecule has 0 radical (unpaired) electrons. The Morgan fingerprint density at radius 2 is 2.08 bits per heavy atom. The van der Waals surface area contributed by atoms with E-state index in [0.29, 0.717) is 31.7 Å². The first-order valence-electron chi connectivity index (χ1n) is 8.13. The Morgan fingerprint density at radius 3 is 2.76 bits per heavy atom. The molecular formula is C17H21N3O4S. The molecule has 1 aromatic carbocycles. The smallest absolute Gasteiger partial charge is 0.308 e. The quantitative estimate of drug-likeness (QED) is 0.596. The van der Waals surface area contributed by atoms with Crippen LogP contribution in [0.2, 0.25) is 0 Å². The van der Waals surface area contributed by atoms with Crippen molar-refractivity contribution in [2.75, 3.05) is 19.7 Å². The number of piperazine rings is 1. The number of hydrogen-bond acceptors (Lipinski definition) is 5. The van der Waals surface area contributed by atoms with Gasteiger partial charge in [-0.3, -0.25) is 19.7 Å². The van der Waals surface area contributed by atoms with Gasteiger partial charge in [0.15, 0.2) is 5.11 Å². The van der Waals surface area contributed by atoms with Gasteiger partial charge in [-0.2, -0.15) is 0 Å². The van der Waals surface area contributed by atoms with E-state index in [1.165, 1.54) is 0 Å². The summed E-state index contributed by atoms with van der Waals surface area (Å²) in [6, 6.07) is 7.85. The number of amides is 2. The van der Waals surface area contributed by atoms with Gasteiger partial charge in [-0.15, -0.1) is 0 Å². The van der Waals surface area contributed by atoms with E-state index in [1.54, 1.807) is 29.2 Å². The van der Waals surface area contributed by atoms with Gasteiger partial charge in [-0.1, -0.05) is 25.1 Å². The lowest BCUT2D eigenvalue weighted by Gasteiger charge is -2.36. The van der Waals surface area contributed by atoms with Crippen molar-refractivity contribution >= 4 is 35.1 Å². The summed E-state index contributed by atoms with van der Waals surface area (Å²) in [7, 11) is 0. The Hall–Kier alpha value is -2.48. The third kappa shape index (κ3) is 5.25. The van der Waals surface area contributed by atoms with Gasteiger partial charge in [-0.25, -0.2) is 0 Å². The predicted octanol–water partition coefficient (Wildman–Crippen LogP) is 0.845. The molecule has 2 N–H and O–H groups in total. The second-order valence-electron chi connectivity index (χ2n) is 5.55. The topological polar surface area (TPSA) is 87.7 Å². The molecule has 134 valence electrons. The first-order valence-corrected chi connectivity index (χ1v) is 8.54. The monoisotopic (exact) mass is 363 g/mol. The summed E-state index contributed by atoms with van der Waals surface area (Å²) in [6.07, 6.45) is 0.588. The molecule has 1 aliphatic rings. The van der Waals surface area contributed by atoms with E-state index in [4.69, 9.17) is 17.0 Å². The van der Waals surface area contributed by atoms with Gasteiger partial charge in [0.25, 0.3) is 5.91 Å². The van der Waals surface area contributed by atoms with Crippen molar-refractivity contribution in [3.63, 3.8) is 0 Å². The molecule has 0 spiro atoms.